The molecular weight excluding hydrogens is 304 g/mol. The summed E-state index contributed by atoms with van der Waals surface area (Å²) in [4.78, 5) is 17.4. The third-order valence-electron chi connectivity index (χ3n) is 4.77. The Morgan fingerprint density at radius 1 is 1.25 bits per heavy atom. The van der Waals surface area contributed by atoms with Crippen LogP contribution in [0.25, 0.3) is 0 Å². The first-order valence-electron chi connectivity index (χ1n) is 8.87. The molecule has 0 saturated carbocycles. The second-order valence-corrected chi connectivity index (χ2v) is 7.08. The van der Waals surface area contributed by atoms with Gasteiger partial charge in [0.15, 0.2) is 5.60 Å². The maximum absolute atomic E-state index is 13.1. The molecule has 2 saturated heterocycles. The van der Waals surface area contributed by atoms with Crippen molar-refractivity contribution in [3.05, 3.63) is 29.8 Å². The number of aryl methyl sites for hydroxylation is 1. The lowest BCUT2D eigenvalue weighted by Crippen LogP contribution is -2.57. The second-order valence-electron chi connectivity index (χ2n) is 7.08. The van der Waals surface area contributed by atoms with Gasteiger partial charge in [-0.15, -0.1) is 0 Å². The number of ether oxygens (including phenoxy) is 2. The third kappa shape index (κ3) is 3.57. The number of piperazine rings is 1. The van der Waals surface area contributed by atoms with Crippen molar-refractivity contribution >= 4 is 11.6 Å². The molecule has 0 aromatic heterocycles. The van der Waals surface area contributed by atoms with Gasteiger partial charge in [-0.3, -0.25) is 4.79 Å². The van der Waals surface area contributed by atoms with E-state index in [0.717, 1.165) is 26.2 Å². The van der Waals surface area contributed by atoms with Gasteiger partial charge in [0.2, 0.25) is 0 Å². The number of hydrogen-bond acceptors (Lipinski definition) is 4. The van der Waals surface area contributed by atoms with Gasteiger partial charge in [0.25, 0.3) is 5.91 Å². The number of anilines is 1. The van der Waals surface area contributed by atoms with Crippen LogP contribution in [-0.4, -0.2) is 61.9 Å². The minimum absolute atomic E-state index is 0.0178. The summed E-state index contributed by atoms with van der Waals surface area (Å²) in [6.07, 6.45) is 0.673. The smallest absolute Gasteiger partial charge is 0.257 e. The van der Waals surface area contributed by atoms with E-state index in [4.69, 9.17) is 9.47 Å². The molecule has 24 heavy (non-hydrogen) atoms. The summed E-state index contributed by atoms with van der Waals surface area (Å²) in [5, 5.41) is 0. The fraction of sp³-hybridized carbons (Fsp3) is 0.632. The second kappa shape index (κ2) is 7.11. The van der Waals surface area contributed by atoms with Gasteiger partial charge in [0.05, 0.1) is 19.3 Å². The zero-order valence-corrected chi connectivity index (χ0v) is 15.0. The summed E-state index contributed by atoms with van der Waals surface area (Å²) in [6, 6.07) is 8.53. The third-order valence-corrected chi connectivity index (χ3v) is 4.77. The lowest BCUT2D eigenvalue weighted by Gasteiger charge is -2.40. The van der Waals surface area contributed by atoms with E-state index in [-0.39, 0.29) is 12.0 Å². The summed E-state index contributed by atoms with van der Waals surface area (Å²) in [5.41, 5.74) is 1.72. The SMILES string of the molecule is Cc1cccc(N2CCN(C(=O)C3(OC(C)C)CCOC3)CC2)c1. The van der Waals surface area contributed by atoms with Crippen molar-refractivity contribution in [3.63, 3.8) is 0 Å². The van der Waals surface area contributed by atoms with Gasteiger partial charge in [-0.1, -0.05) is 12.1 Å². The molecular formula is C19H28N2O3. The minimum atomic E-state index is -0.778. The molecule has 0 N–H and O–H groups in total. The lowest BCUT2D eigenvalue weighted by molar-refractivity contribution is -0.164. The fourth-order valence-corrected chi connectivity index (χ4v) is 3.59. The van der Waals surface area contributed by atoms with Crippen molar-refractivity contribution < 1.29 is 14.3 Å². The molecule has 0 aliphatic carbocycles. The first-order valence-corrected chi connectivity index (χ1v) is 8.87. The van der Waals surface area contributed by atoms with Crippen LogP contribution in [0.15, 0.2) is 24.3 Å². The first kappa shape index (κ1) is 17.2. The number of carbonyl (C=O) groups is 1. The van der Waals surface area contributed by atoms with Crippen LogP contribution >= 0.6 is 0 Å². The number of nitrogens with zero attached hydrogens (tertiary/aromatic N) is 2. The first-order chi connectivity index (χ1) is 11.5. The van der Waals surface area contributed by atoms with E-state index in [1.165, 1.54) is 11.3 Å². The van der Waals surface area contributed by atoms with E-state index >= 15 is 0 Å². The van der Waals surface area contributed by atoms with Gasteiger partial charge in [-0.2, -0.15) is 0 Å². The van der Waals surface area contributed by atoms with Gasteiger partial charge in [0.1, 0.15) is 0 Å². The summed E-state index contributed by atoms with van der Waals surface area (Å²) < 4.78 is 11.5. The molecule has 1 aromatic rings. The quantitative estimate of drug-likeness (QED) is 0.848. The van der Waals surface area contributed by atoms with Gasteiger partial charge < -0.3 is 19.3 Å². The largest absolute Gasteiger partial charge is 0.378 e. The monoisotopic (exact) mass is 332 g/mol. The topological polar surface area (TPSA) is 42.0 Å². The predicted molar refractivity (Wildman–Crippen MR) is 94.4 cm³/mol. The minimum Gasteiger partial charge on any atom is -0.378 e. The summed E-state index contributed by atoms with van der Waals surface area (Å²) in [7, 11) is 0. The molecule has 0 radical (unpaired) electrons. The highest BCUT2D eigenvalue weighted by Crippen LogP contribution is 2.28. The van der Waals surface area contributed by atoms with Crippen LogP contribution in [-0.2, 0) is 14.3 Å². The van der Waals surface area contributed by atoms with Gasteiger partial charge in [-0.05, 0) is 38.5 Å². The summed E-state index contributed by atoms with van der Waals surface area (Å²) in [6.45, 7) is 10.2. The number of rotatable bonds is 4. The zero-order valence-electron chi connectivity index (χ0n) is 15.0. The molecule has 1 aromatic carbocycles. The average Bonchev–Trinajstić information content (AvgIpc) is 3.03. The maximum Gasteiger partial charge on any atom is 0.257 e. The fourth-order valence-electron chi connectivity index (χ4n) is 3.59. The Balaban J connectivity index is 1.64. The van der Waals surface area contributed by atoms with Crippen molar-refractivity contribution in [1.82, 2.24) is 4.90 Å². The van der Waals surface area contributed by atoms with Crippen LogP contribution in [0, 0.1) is 6.92 Å². The molecule has 1 atom stereocenters. The van der Waals surface area contributed by atoms with E-state index < -0.39 is 5.60 Å². The van der Waals surface area contributed by atoms with Crippen LogP contribution < -0.4 is 4.90 Å². The number of amides is 1. The number of hydrogen-bond donors (Lipinski definition) is 0. The Morgan fingerprint density at radius 2 is 2.00 bits per heavy atom. The van der Waals surface area contributed by atoms with E-state index in [9.17, 15) is 4.79 Å². The molecule has 1 amide bonds. The Labute approximate surface area is 144 Å². The Bertz CT molecular complexity index is 574. The molecule has 0 spiro atoms. The summed E-state index contributed by atoms with van der Waals surface area (Å²) in [5.74, 6) is 0.0950. The molecule has 2 heterocycles. The molecule has 2 fully saturated rings. The molecule has 1 unspecified atom stereocenters. The Kier molecular flexibility index (Phi) is 5.11. The summed E-state index contributed by atoms with van der Waals surface area (Å²) >= 11 is 0. The van der Waals surface area contributed by atoms with Crippen LogP contribution in [0.1, 0.15) is 25.8 Å². The van der Waals surface area contributed by atoms with Crippen LogP contribution in [0.3, 0.4) is 0 Å². The lowest BCUT2D eigenvalue weighted by atomic mass is 10.00. The maximum atomic E-state index is 13.1. The molecule has 0 bridgehead atoms. The van der Waals surface area contributed by atoms with Gasteiger partial charge in [-0.25, -0.2) is 0 Å². The van der Waals surface area contributed by atoms with E-state index in [0.29, 0.717) is 19.6 Å². The number of carbonyl (C=O) groups excluding carboxylic acids is 1. The van der Waals surface area contributed by atoms with Crippen LogP contribution in [0.5, 0.6) is 0 Å². The normalized spacial score (nSPS) is 24.7. The molecule has 5 nitrogen and oxygen atoms in total. The highest BCUT2D eigenvalue weighted by Gasteiger charge is 2.47. The van der Waals surface area contributed by atoms with Crippen molar-refractivity contribution in [2.75, 3.05) is 44.3 Å². The molecule has 3 rings (SSSR count). The zero-order chi connectivity index (χ0) is 17.2. The van der Waals surface area contributed by atoms with Crippen molar-refractivity contribution in [1.29, 1.82) is 0 Å². The van der Waals surface area contributed by atoms with Crippen molar-refractivity contribution in [2.45, 2.75) is 38.9 Å². The van der Waals surface area contributed by atoms with Crippen molar-refractivity contribution in [2.24, 2.45) is 0 Å². The van der Waals surface area contributed by atoms with Crippen LogP contribution in [0.2, 0.25) is 0 Å². The van der Waals surface area contributed by atoms with Gasteiger partial charge >= 0.3 is 0 Å². The molecule has 2 aliphatic rings. The van der Waals surface area contributed by atoms with E-state index in [2.05, 4.69) is 36.1 Å². The van der Waals surface area contributed by atoms with E-state index in [1.54, 1.807) is 0 Å². The Morgan fingerprint density at radius 3 is 2.58 bits per heavy atom. The standard InChI is InChI=1S/C19H28N2O3/c1-15(2)24-19(7-12-23-14-19)18(22)21-10-8-20(9-11-21)17-6-4-5-16(3)13-17/h4-6,13,15H,7-12,14H2,1-3H3. The number of benzene rings is 1. The van der Waals surface area contributed by atoms with E-state index in [1.807, 2.05) is 18.7 Å². The van der Waals surface area contributed by atoms with Crippen LogP contribution in [0.4, 0.5) is 5.69 Å². The van der Waals surface area contributed by atoms with Crippen molar-refractivity contribution in [3.8, 4) is 0 Å². The average molecular weight is 332 g/mol. The Hall–Kier alpha value is -1.59. The highest BCUT2D eigenvalue weighted by molar-refractivity contribution is 5.86. The predicted octanol–water partition coefficient (Wildman–Crippen LogP) is 2.23. The molecule has 2 aliphatic heterocycles. The van der Waals surface area contributed by atoms with Gasteiger partial charge in [0, 0.05) is 38.3 Å². The molecule has 132 valence electrons. The molecule has 5 heteroatoms. The highest BCUT2D eigenvalue weighted by atomic mass is 16.6.